The topological polar surface area (TPSA) is 80.6 Å². The SMILES string of the molecule is C=CCN=C/C(=C\C)C/C(=C/N(CCCC(=O)OCC)COCC(/C=C\CP)=C/C)C(=O)N=C. The molecule has 1 amide bonds. The van der Waals surface area contributed by atoms with Gasteiger partial charge in [0.25, 0.3) is 5.91 Å². The van der Waals surface area contributed by atoms with Gasteiger partial charge >= 0.3 is 5.97 Å². The summed E-state index contributed by atoms with van der Waals surface area (Å²) in [6, 6.07) is 0. The molecule has 0 aliphatic rings. The second-order valence-electron chi connectivity index (χ2n) is 7.14. The van der Waals surface area contributed by atoms with E-state index in [1.54, 1.807) is 25.4 Å². The maximum absolute atomic E-state index is 12.5. The number of nitrogens with zero attached hydrogens (tertiary/aromatic N) is 3. The highest BCUT2D eigenvalue weighted by Gasteiger charge is 2.13. The zero-order chi connectivity index (χ0) is 25.6. The van der Waals surface area contributed by atoms with Crippen LogP contribution in [0.1, 0.15) is 40.0 Å². The Kier molecular flexibility index (Phi) is 19.3. The van der Waals surface area contributed by atoms with Gasteiger partial charge in [-0.15, -0.1) is 15.8 Å². The van der Waals surface area contributed by atoms with E-state index in [1.807, 2.05) is 43.1 Å². The molecule has 0 spiro atoms. The van der Waals surface area contributed by atoms with Crippen molar-refractivity contribution in [3.63, 3.8) is 0 Å². The van der Waals surface area contributed by atoms with Gasteiger partial charge in [0.1, 0.15) is 6.73 Å². The molecule has 7 nitrogen and oxygen atoms in total. The van der Waals surface area contributed by atoms with Crippen LogP contribution in [-0.4, -0.2) is 68.9 Å². The molecule has 34 heavy (non-hydrogen) atoms. The van der Waals surface area contributed by atoms with Crippen molar-refractivity contribution in [2.24, 2.45) is 9.98 Å². The Hall–Kier alpha value is -2.63. The van der Waals surface area contributed by atoms with E-state index in [4.69, 9.17) is 9.47 Å². The average molecular weight is 490 g/mol. The molecule has 0 aromatic carbocycles. The first-order chi connectivity index (χ1) is 16.4. The molecular weight excluding hydrogens is 449 g/mol. The molecule has 0 rings (SSSR count). The Bertz CT molecular complexity index is 798. The van der Waals surface area contributed by atoms with Crippen LogP contribution >= 0.6 is 9.24 Å². The number of carbonyl (C=O) groups is 2. The Labute approximate surface area is 207 Å². The van der Waals surface area contributed by atoms with Crippen molar-refractivity contribution in [2.45, 2.75) is 40.0 Å². The number of ether oxygens (including phenoxy) is 2. The third-order valence-corrected chi connectivity index (χ3v) is 4.78. The molecule has 0 bridgehead atoms. The summed E-state index contributed by atoms with van der Waals surface area (Å²) in [7, 11) is 2.65. The summed E-state index contributed by atoms with van der Waals surface area (Å²) in [5.41, 5.74) is 2.38. The predicted molar refractivity (Wildman–Crippen MR) is 145 cm³/mol. The van der Waals surface area contributed by atoms with Crippen LogP contribution in [-0.2, 0) is 19.1 Å². The lowest BCUT2D eigenvalue weighted by Gasteiger charge is -2.22. The zero-order valence-corrected chi connectivity index (χ0v) is 22.0. The van der Waals surface area contributed by atoms with E-state index in [-0.39, 0.29) is 19.1 Å². The minimum Gasteiger partial charge on any atom is -0.466 e. The predicted octanol–water partition coefficient (Wildman–Crippen LogP) is 4.69. The molecule has 0 fully saturated rings. The van der Waals surface area contributed by atoms with Crippen molar-refractivity contribution in [2.75, 3.05) is 39.2 Å². The van der Waals surface area contributed by atoms with E-state index in [2.05, 4.69) is 32.5 Å². The Morgan fingerprint density at radius 3 is 2.50 bits per heavy atom. The number of aliphatic imine (C=N–C) groups is 2. The van der Waals surface area contributed by atoms with E-state index in [0.717, 1.165) is 17.3 Å². The monoisotopic (exact) mass is 489 g/mol. The Balaban J connectivity index is 5.57. The highest BCUT2D eigenvalue weighted by molar-refractivity contribution is 7.16. The first-order valence-corrected chi connectivity index (χ1v) is 12.2. The number of esters is 1. The van der Waals surface area contributed by atoms with E-state index in [1.165, 1.54) is 0 Å². The van der Waals surface area contributed by atoms with Crippen LogP contribution in [0.2, 0.25) is 0 Å². The van der Waals surface area contributed by atoms with Crippen LogP contribution in [0.3, 0.4) is 0 Å². The van der Waals surface area contributed by atoms with E-state index in [0.29, 0.717) is 44.7 Å². The van der Waals surface area contributed by atoms with Gasteiger partial charge < -0.3 is 14.4 Å². The van der Waals surface area contributed by atoms with Crippen LogP contribution in [0.5, 0.6) is 0 Å². The second kappa shape index (κ2) is 20.9. The van der Waals surface area contributed by atoms with E-state index < -0.39 is 5.91 Å². The number of amides is 1. The molecule has 1 atom stereocenters. The number of carbonyl (C=O) groups excluding carboxylic acids is 2. The van der Waals surface area contributed by atoms with Gasteiger partial charge in [-0.25, -0.2) is 4.99 Å². The Morgan fingerprint density at radius 1 is 1.18 bits per heavy atom. The number of allylic oxidation sites excluding steroid dienone is 4. The summed E-state index contributed by atoms with van der Waals surface area (Å²) >= 11 is 0. The van der Waals surface area contributed by atoms with Gasteiger partial charge in [0.05, 0.1) is 19.8 Å². The summed E-state index contributed by atoms with van der Waals surface area (Å²) in [6.45, 7) is 14.7. The average Bonchev–Trinajstić information content (AvgIpc) is 2.84. The summed E-state index contributed by atoms with van der Waals surface area (Å²) in [5, 5.41) is 0. The Morgan fingerprint density at radius 2 is 1.91 bits per heavy atom. The van der Waals surface area contributed by atoms with Crippen molar-refractivity contribution in [1.82, 2.24) is 4.90 Å². The maximum atomic E-state index is 12.5. The molecule has 0 aliphatic carbocycles. The van der Waals surface area contributed by atoms with E-state index in [9.17, 15) is 9.59 Å². The van der Waals surface area contributed by atoms with Crippen LogP contribution < -0.4 is 0 Å². The maximum Gasteiger partial charge on any atom is 0.305 e. The van der Waals surface area contributed by atoms with E-state index >= 15 is 0 Å². The lowest BCUT2D eigenvalue weighted by molar-refractivity contribution is -0.143. The minimum atomic E-state index is -0.413. The largest absolute Gasteiger partial charge is 0.466 e. The zero-order valence-electron chi connectivity index (χ0n) is 20.9. The summed E-state index contributed by atoms with van der Waals surface area (Å²) < 4.78 is 10.9. The minimum absolute atomic E-state index is 0.246. The molecule has 8 heteroatoms. The van der Waals surface area contributed by atoms with Crippen LogP contribution in [0.25, 0.3) is 0 Å². The van der Waals surface area contributed by atoms with Gasteiger partial charge in [-0.05, 0) is 51.2 Å². The van der Waals surface area contributed by atoms with Gasteiger partial charge in [0.15, 0.2) is 0 Å². The lowest BCUT2D eigenvalue weighted by atomic mass is 10.1. The van der Waals surface area contributed by atoms with Crippen LogP contribution in [0, 0.1) is 0 Å². The number of hydrogen-bond acceptors (Lipinski definition) is 6. The second-order valence-corrected chi connectivity index (χ2v) is 7.61. The van der Waals surface area contributed by atoms with Crippen LogP contribution in [0.15, 0.2) is 69.9 Å². The van der Waals surface area contributed by atoms with Crippen molar-refractivity contribution in [1.29, 1.82) is 0 Å². The molecule has 1 unspecified atom stereocenters. The summed E-state index contributed by atoms with van der Waals surface area (Å²) in [4.78, 5) is 34.0. The quantitative estimate of drug-likeness (QED) is 0.0531. The van der Waals surface area contributed by atoms with Crippen molar-refractivity contribution in [3.8, 4) is 0 Å². The van der Waals surface area contributed by atoms with Crippen LogP contribution in [0.4, 0.5) is 0 Å². The lowest BCUT2D eigenvalue weighted by Crippen LogP contribution is -2.25. The van der Waals surface area contributed by atoms with Gasteiger partial charge in [-0.2, -0.15) is 0 Å². The normalized spacial score (nSPS) is 12.9. The third-order valence-electron chi connectivity index (χ3n) is 4.51. The molecule has 0 heterocycles. The number of rotatable bonds is 18. The fourth-order valence-electron chi connectivity index (χ4n) is 2.74. The van der Waals surface area contributed by atoms with Gasteiger partial charge in [0.2, 0.25) is 0 Å². The molecule has 188 valence electrons. The van der Waals surface area contributed by atoms with Crippen molar-refractivity contribution in [3.05, 3.63) is 59.9 Å². The first kappa shape index (κ1) is 31.4. The standard InChI is InChI=1S/C26H40N3O4P/c1-6-14-28-18-23(8-3)17-24(26(31)27-5)19-29(15-10-13-25(30)33-9-4)21-32-20-22(7-2)12-11-16-34/h6-8,11-12,18-19H,1,5,9-10,13-17,20-21,34H2,2-4H3/b12-11-,22-7+,23-8-,24-19-,28-18?. The molecule has 0 aromatic rings. The molecular formula is C26H40N3O4P. The molecule has 0 aliphatic heterocycles. The fourth-order valence-corrected chi connectivity index (χ4v) is 2.87. The molecule has 0 saturated heterocycles. The first-order valence-electron chi connectivity index (χ1n) is 11.4. The summed E-state index contributed by atoms with van der Waals surface area (Å²) in [5.74, 6) is -0.658. The number of hydrogen-bond donors (Lipinski definition) is 0. The van der Waals surface area contributed by atoms with Gasteiger partial charge in [-0.1, -0.05) is 30.4 Å². The highest BCUT2D eigenvalue weighted by atomic mass is 31.0. The molecule has 0 N–H and O–H groups in total. The van der Waals surface area contributed by atoms with Gasteiger partial charge in [-0.3, -0.25) is 14.6 Å². The summed E-state index contributed by atoms with van der Waals surface area (Å²) in [6.07, 6.45) is 15.2. The van der Waals surface area contributed by atoms with Crippen molar-refractivity contribution < 1.29 is 19.1 Å². The van der Waals surface area contributed by atoms with Crippen molar-refractivity contribution >= 4 is 34.0 Å². The fraction of sp³-hybridized carbons (Fsp3) is 0.462. The van der Waals surface area contributed by atoms with Gasteiger partial charge in [0, 0.05) is 37.4 Å². The highest BCUT2D eigenvalue weighted by Crippen LogP contribution is 2.14. The smallest absolute Gasteiger partial charge is 0.305 e. The molecule has 0 radical (unpaired) electrons. The third kappa shape index (κ3) is 15.3. The molecule has 0 aromatic heterocycles. The molecule has 0 saturated carbocycles.